The molecule has 0 aliphatic heterocycles. The lowest BCUT2D eigenvalue weighted by Gasteiger charge is -2.36. The van der Waals surface area contributed by atoms with Crippen molar-refractivity contribution in [2.24, 2.45) is 21.1 Å². The number of hydrogen-bond donors (Lipinski definition) is 0. The first kappa shape index (κ1) is 68.7. The highest BCUT2D eigenvalue weighted by atomic mass is 31.2. The van der Waals surface area contributed by atoms with Crippen LogP contribution in [0.4, 0.5) is 0 Å². The largest absolute Gasteiger partial charge is 0.822 e. The van der Waals surface area contributed by atoms with Gasteiger partial charge in [0.15, 0.2) is 0 Å². The highest BCUT2D eigenvalue weighted by molar-refractivity contribution is 7.40. The molecule has 0 aromatic carbocycles. The molecule has 3 heterocycles. The zero-order valence-corrected chi connectivity index (χ0v) is 50.6. The summed E-state index contributed by atoms with van der Waals surface area (Å²) < 4.78 is 24.3. The lowest BCUT2D eigenvalue weighted by Crippen LogP contribution is -2.36. The highest BCUT2D eigenvalue weighted by Gasteiger charge is 2.29. The summed E-state index contributed by atoms with van der Waals surface area (Å²) in [4.78, 5) is 25.6. The zero-order chi connectivity index (χ0) is 53.6. The first-order valence-corrected chi connectivity index (χ1v) is 31.6. The molecule has 0 amide bonds. The number of rotatable bonds is 36. The Hall–Kier alpha value is -2.26. The molecule has 3 rings (SSSR count). The van der Waals surface area contributed by atoms with Crippen molar-refractivity contribution in [2.75, 3.05) is 0 Å². The second-order valence-corrected chi connectivity index (χ2v) is 21.4. The van der Waals surface area contributed by atoms with Crippen molar-refractivity contribution in [1.82, 2.24) is 13.7 Å². The van der Waals surface area contributed by atoms with Crippen molar-refractivity contribution in [3.8, 4) is 0 Å². The van der Waals surface area contributed by atoms with Gasteiger partial charge in [0.25, 0.3) is 17.5 Å². The van der Waals surface area contributed by atoms with Crippen LogP contribution >= 0.6 is 7.82 Å². The molecule has 416 valence electrons. The Morgan fingerprint density at radius 1 is 0.310 bits per heavy atom. The second kappa shape index (κ2) is 42.0. The van der Waals surface area contributed by atoms with Gasteiger partial charge in [-0.15, -0.1) is 0 Å². The van der Waals surface area contributed by atoms with E-state index >= 15 is 0 Å². The molecule has 11 heteroatoms. The zero-order valence-electron chi connectivity index (χ0n) is 49.7. The van der Waals surface area contributed by atoms with E-state index in [0.717, 1.165) is 0 Å². The van der Waals surface area contributed by atoms with Crippen molar-refractivity contribution < 1.29 is 32.9 Å². The fourth-order valence-electron chi connectivity index (χ4n) is 10.0. The number of imidazole rings is 3. The van der Waals surface area contributed by atoms with Gasteiger partial charge in [0.2, 0.25) is 0 Å². The van der Waals surface area contributed by atoms with Crippen molar-refractivity contribution in [1.29, 1.82) is 0 Å². The van der Waals surface area contributed by atoms with Crippen LogP contribution in [0.1, 0.15) is 289 Å². The smallest absolute Gasteiger partial charge is 0.256 e. The maximum atomic E-state index is 8.55. The third-order valence-electron chi connectivity index (χ3n) is 14.4. The van der Waals surface area contributed by atoms with E-state index in [-0.39, 0.29) is 0 Å². The summed E-state index contributed by atoms with van der Waals surface area (Å²) >= 11 is 0. The molecule has 71 heavy (non-hydrogen) atoms. The van der Waals surface area contributed by atoms with E-state index in [0.29, 0.717) is 0 Å². The van der Waals surface area contributed by atoms with Crippen LogP contribution in [0.3, 0.4) is 0 Å². The quantitative estimate of drug-likeness (QED) is 0.0426. The lowest BCUT2D eigenvalue weighted by atomic mass is 10.1. The molecule has 3 aromatic rings. The van der Waals surface area contributed by atoms with Crippen LogP contribution in [0.5, 0.6) is 0 Å². The van der Waals surface area contributed by atoms with Gasteiger partial charge in [-0.05, 0) is 77.0 Å². The predicted molar refractivity (Wildman–Crippen MR) is 297 cm³/mol. The van der Waals surface area contributed by atoms with E-state index in [1.165, 1.54) is 232 Å². The Bertz CT molecular complexity index is 1510. The first-order chi connectivity index (χ1) is 34.1. The van der Waals surface area contributed by atoms with Gasteiger partial charge in [0.05, 0.1) is 40.8 Å². The van der Waals surface area contributed by atoms with E-state index in [9.17, 15) is 0 Å². The lowest BCUT2D eigenvalue weighted by molar-refractivity contribution is -0.686. The van der Waals surface area contributed by atoms with Crippen LogP contribution in [0.25, 0.3) is 0 Å². The molecule has 0 atom stereocenters. The molecule has 0 fully saturated rings. The van der Waals surface area contributed by atoms with Gasteiger partial charge in [0, 0.05) is 57.8 Å². The molecule has 0 unspecified atom stereocenters. The van der Waals surface area contributed by atoms with E-state index in [1.54, 1.807) is 51.6 Å². The average molecular weight is 1020 g/mol. The summed E-state index contributed by atoms with van der Waals surface area (Å²) in [6, 6.07) is 0. The fraction of sp³-hybridized carbons (Fsp3) is 0.850. The highest BCUT2D eigenvalue weighted by Crippen LogP contribution is 2.22. The SMILES string of the molecule is CCCCc1c(CCCC)[n+](C)c(CCCC)n1CCCC.CCCCc1c(CCCC)[n+](C)c(CCCC)n1CCCC.CCCCc1c(CCCC)[n+](C)c(CCCC)n1CCCC.O=P([O-])([O-])[O-]. The third-order valence-corrected chi connectivity index (χ3v) is 14.4. The van der Waals surface area contributed by atoms with Crippen molar-refractivity contribution in [3.05, 3.63) is 51.6 Å². The van der Waals surface area contributed by atoms with Crippen molar-refractivity contribution in [2.45, 2.75) is 315 Å². The van der Waals surface area contributed by atoms with Gasteiger partial charge in [0.1, 0.15) is 34.2 Å². The molecule has 0 radical (unpaired) electrons. The molecule has 0 saturated heterocycles. The van der Waals surface area contributed by atoms with Gasteiger partial charge in [-0.2, -0.15) is 7.82 Å². The second-order valence-electron chi connectivity index (χ2n) is 20.5. The maximum absolute atomic E-state index is 8.55. The first-order valence-electron chi connectivity index (χ1n) is 30.1. The topological polar surface area (TPSA) is 113 Å². The molecular weight excluding hydrogens is 900 g/mol. The number of hydrogen-bond acceptors (Lipinski definition) is 4. The minimum absolute atomic E-state index is 1.22. The average Bonchev–Trinajstić information content (AvgIpc) is 3.86. The summed E-state index contributed by atoms with van der Waals surface area (Å²) in [7, 11) is 1.55. The molecule has 0 aliphatic carbocycles. The number of unbranched alkanes of at least 4 members (excludes halogenated alkanes) is 12. The molecular formula is C60H117N6O4P. The Kier molecular flexibility index (Phi) is 40.7. The number of nitrogens with zero attached hydrogens (tertiary/aromatic N) is 6. The van der Waals surface area contributed by atoms with Crippen LogP contribution in [0.2, 0.25) is 0 Å². The van der Waals surface area contributed by atoms with Crippen LogP contribution in [-0.4, -0.2) is 13.7 Å². The number of aromatic nitrogens is 6. The molecule has 3 aromatic heterocycles. The molecule has 10 nitrogen and oxygen atoms in total. The third kappa shape index (κ3) is 26.2. The van der Waals surface area contributed by atoms with E-state index < -0.39 is 7.82 Å². The standard InChI is InChI=1S/3C20H39N2.H3O4P/c3*1-6-10-14-18-19(15-11-7-2)22(17-13-9-4)20(21(18)5)16-12-8-3;1-5(2,3)4/h3*6-17H2,1-5H3;(H3,1,2,3,4)/q3*+1;/p-3. The van der Waals surface area contributed by atoms with Gasteiger partial charge >= 0.3 is 0 Å². The van der Waals surface area contributed by atoms with E-state index in [2.05, 4.69) is 132 Å². The molecule has 0 bridgehead atoms. The van der Waals surface area contributed by atoms with Crippen LogP contribution in [0.15, 0.2) is 0 Å². The predicted octanol–water partition coefficient (Wildman–Crippen LogP) is 12.6. The fourth-order valence-corrected chi connectivity index (χ4v) is 10.0. The Morgan fingerprint density at radius 3 is 0.662 bits per heavy atom. The minimum Gasteiger partial charge on any atom is -0.822 e. The Morgan fingerprint density at radius 2 is 0.479 bits per heavy atom. The van der Waals surface area contributed by atoms with Gasteiger partial charge < -0.3 is 19.2 Å². The Balaban J connectivity index is 0.000000985. The molecule has 0 saturated carbocycles. The normalized spacial score (nSPS) is 11.4. The Labute approximate surface area is 440 Å². The maximum Gasteiger partial charge on any atom is 0.256 e. The summed E-state index contributed by atoms with van der Waals surface area (Å²) in [6.45, 7) is 31.3. The van der Waals surface area contributed by atoms with Crippen LogP contribution in [-0.2, 0) is 103 Å². The summed E-state index contributed by atoms with van der Waals surface area (Å²) in [5, 5.41) is 0. The summed E-state index contributed by atoms with van der Waals surface area (Å²) in [5.74, 6) is 4.73. The molecule has 0 N–H and O–H groups in total. The van der Waals surface area contributed by atoms with Crippen molar-refractivity contribution >= 4 is 7.82 Å². The number of phosphoric acid groups is 1. The molecule has 0 aliphatic rings. The van der Waals surface area contributed by atoms with Gasteiger partial charge in [-0.1, -0.05) is 160 Å². The van der Waals surface area contributed by atoms with Crippen molar-refractivity contribution in [3.63, 3.8) is 0 Å². The van der Waals surface area contributed by atoms with Gasteiger partial charge in [-0.25, -0.2) is 27.4 Å². The van der Waals surface area contributed by atoms with Crippen LogP contribution < -0.4 is 28.4 Å². The van der Waals surface area contributed by atoms with E-state index in [1.807, 2.05) is 0 Å². The summed E-state index contributed by atoms with van der Waals surface area (Å²) in [5.41, 5.74) is 9.82. The van der Waals surface area contributed by atoms with Gasteiger partial charge in [-0.3, -0.25) is 0 Å². The minimum atomic E-state index is -5.39. The molecule has 0 spiro atoms. The van der Waals surface area contributed by atoms with Crippen LogP contribution in [0, 0.1) is 0 Å². The monoisotopic (exact) mass is 1020 g/mol. The van der Waals surface area contributed by atoms with E-state index in [4.69, 9.17) is 19.2 Å². The summed E-state index contributed by atoms with van der Waals surface area (Å²) in [6.07, 6.45) is 42.5.